The van der Waals surface area contributed by atoms with E-state index >= 15 is 0 Å². The fourth-order valence-electron chi connectivity index (χ4n) is 1.84. The first-order valence-electron chi connectivity index (χ1n) is 7.09. The van der Waals surface area contributed by atoms with Crippen LogP contribution in [0, 0.1) is 6.92 Å². The van der Waals surface area contributed by atoms with Crippen LogP contribution in [-0.2, 0) is 4.84 Å². The summed E-state index contributed by atoms with van der Waals surface area (Å²) in [6, 6.07) is 6.47. The average molecular weight is 379 g/mol. The zero-order valence-electron chi connectivity index (χ0n) is 13.5. The number of phenols is 1. The van der Waals surface area contributed by atoms with Crippen LogP contribution in [0.5, 0.6) is 11.5 Å². The minimum absolute atomic E-state index is 0.0343. The number of aromatic hydroxyl groups is 2. The van der Waals surface area contributed by atoms with E-state index in [-0.39, 0.29) is 22.9 Å². The molecule has 1 aromatic heterocycles. The van der Waals surface area contributed by atoms with Crippen LogP contribution >= 0.6 is 15.9 Å². The molecule has 0 amide bonds. The molecule has 0 unspecified atom stereocenters. The van der Waals surface area contributed by atoms with Gasteiger partial charge < -0.3 is 15.1 Å². The summed E-state index contributed by atoms with van der Waals surface area (Å²) in [4.78, 5) is 9.65. The van der Waals surface area contributed by atoms with Gasteiger partial charge in [0.2, 0.25) is 0 Å². The van der Waals surface area contributed by atoms with E-state index in [1.165, 1.54) is 6.07 Å². The Hall–Kier alpha value is -2.08. The van der Waals surface area contributed by atoms with Crippen molar-refractivity contribution in [3.05, 3.63) is 51.8 Å². The molecule has 1 aromatic carbocycles. The molecule has 23 heavy (non-hydrogen) atoms. The molecule has 0 saturated heterocycles. The van der Waals surface area contributed by atoms with Crippen molar-refractivity contribution in [1.82, 2.24) is 4.98 Å². The first-order chi connectivity index (χ1) is 10.7. The Kier molecular flexibility index (Phi) is 4.94. The molecule has 122 valence electrons. The number of hydrogen-bond acceptors (Lipinski definition) is 5. The number of phenolic OH excluding ortho intramolecular Hbond substituents is 1. The maximum Gasteiger partial charge on any atom is 0.143 e. The van der Waals surface area contributed by atoms with E-state index in [1.54, 1.807) is 24.4 Å². The average Bonchev–Trinajstić information content (AvgIpc) is 2.45. The highest BCUT2D eigenvalue weighted by Crippen LogP contribution is 2.30. The first kappa shape index (κ1) is 17.3. The lowest BCUT2D eigenvalue weighted by Gasteiger charge is -2.18. The third-order valence-corrected chi connectivity index (χ3v) is 3.81. The molecule has 0 fully saturated rings. The molecule has 0 aliphatic rings. The fourth-order valence-corrected chi connectivity index (χ4v) is 2.18. The molecule has 5 nitrogen and oxygen atoms in total. The minimum atomic E-state index is -0.521. The Morgan fingerprint density at radius 1 is 1.22 bits per heavy atom. The second-order valence-electron chi connectivity index (χ2n) is 6.13. The molecule has 0 radical (unpaired) electrons. The molecule has 2 rings (SSSR count). The Morgan fingerprint density at radius 3 is 2.52 bits per heavy atom. The normalized spacial score (nSPS) is 12.3. The topological polar surface area (TPSA) is 74.9 Å². The van der Waals surface area contributed by atoms with Crippen LogP contribution in [0.25, 0.3) is 0 Å². The number of aryl methyl sites for hydroxylation is 1. The summed E-state index contributed by atoms with van der Waals surface area (Å²) in [7, 11) is 0. The number of benzene rings is 1. The Balaban J connectivity index is 2.64. The molecular formula is C17H19BrN2O3. The predicted molar refractivity (Wildman–Crippen MR) is 92.9 cm³/mol. The molecule has 2 N–H and O–H groups in total. The molecule has 6 heteroatoms. The van der Waals surface area contributed by atoms with Gasteiger partial charge in [-0.25, -0.2) is 0 Å². The highest BCUT2D eigenvalue weighted by molar-refractivity contribution is 9.10. The van der Waals surface area contributed by atoms with Gasteiger partial charge in [0.1, 0.15) is 28.5 Å². The van der Waals surface area contributed by atoms with Crippen LogP contribution in [0.2, 0.25) is 0 Å². The SMILES string of the molecule is Cc1cc(O)c(C(=NOC(C)(C)C)c2ncccc2O)cc1Br. The van der Waals surface area contributed by atoms with Crippen molar-refractivity contribution >= 4 is 21.6 Å². The Labute approximate surface area is 143 Å². The van der Waals surface area contributed by atoms with E-state index in [4.69, 9.17) is 4.84 Å². The highest BCUT2D eigenvalue weighted by Gasteiger charge is 2.20. The number of aromatic nitrogens is 1. The van der Waals surface area contributed by atoms with Gasteiger partial charge in [-0.1, -0.05) is 21.1 Å². The monoisotopic (exact) mass is 378 g/mol. The van der Waals surface area contributed by atoms with Gasteiger partial charge >= 0.3 is 0 Å². The van der Waals surface area contributed by atoms with Gasteiger partial charge in [-0.05, 0) is 57.5 Å². The molecule has 0 saturated carbocycles. The van der Waals surface area contributed by atoms with Crippen molar-refractivity contribution in [2.45, 2.75) is 33.3 Å². The third-order valence-electron chi connectivity index (χ3n) is 2.95. The van der Waals surface area contributed by atoms with Crippen molar-refractivity contribution in [2.24, 2.45) is 5.16 Å². The highest BCUT2D eigenvalue weighted by atomic mass is 79.9. The van der Waals surface area contributed by atoms with Gasteiger partial charge in [-0.2, -0.15) is 0 Å². The van der Waals surface area contributed by atoms with Crippen molar-refractivity contribution < 1.29 is 15.1 Å². The van der Waals surface area contributed by atoms with E-state index in [0.29, 0.717) is 5.56 Å². The molecule has 2 aromatic rings. The summed E-state index contributed by atoms with van der Waals surface area (Å²) in [6.07, 6.45) is 1.54. The number of hydrogen-bond donors (Lipinski definition) is 2. The molecule has 0 bridgehead atoms. The van der Waals surface area contributed by atoms with Gasteiger partial charge in [-0.15, -0.1) is 0 Å². The van der Waals surface area contributed by atoms with Crippen LogP contribution in [-0.4, -0.2) is 26.5 Å². The second kappa shape index (κ2) is 6.58. The fraction of sp³-hybridized carbons (Fsp3) is 0.294. The molecule has 0 atom stereocenters. The lowest BCUT2D eigenvalue weighted by molar-refractivity contribution is 0.00109. The minimum Gasteiger partial charge on any atom is -0.507 e. The molecule has 0 aliphatic carbocycles. The lowest BCUT2D eigenvalue weighted by Crippen LogP contribution is -2.18. The van der Waals surface area contributed by atoms with Gasteiger partial charge in [-0.3, -0.25) is 4.98 Å². The quantitative estimate of drug-likeness (QED) is 0.621. The van der Waals surface area contributed by atoms with Crippen LogP contribution in [0.4, 0.5) is 0 Å². The predicted octanol–water partition coefficient (Wildman–Crippen LogP) is 4.13. The van der Waals surface area contributed by atoms with Gasteiger partial charge in [0.05, 0.1) is 0 Å². The number of nitrogens with zero attached hydrogens (tertiary/aromatic N) is 2. The smallest absolute Gasteiger partial charge is 0.143 e. The van der Waals surface area contributed by atoms with Crippen LogP contribution in [0.1, 0.15) is 37.6 Å². The maximum atomic E-state index is 10.3. The molecule has 0 aliphatic heterocycles. The summed E-state index contributed by atoms with van der Waals surface area (Å²) >= 11 is 3.44. The van der Waals surface area contributed by atoms with E-state index in [9.17, 15) is 10.2 Å². The van der Waals surface area contributed by atoms with Crippen LogP contribution < -0.4 is 0 Å². The number of pyridine rings is 1. The Morgan fingerprint density at radius 2 is 1.91 bits per heavy atom. The number of halogens is 1. The largest absolute Gasteiger partial charge is 0.507 e. The zero-order valence-corrected chi connectivity index (χ0v) is 15.0. The molecule has 0 spiro atoms. The second-order valence-corrected chi connectivity index (χ2v) is 6.99. The van der Waals surface area contributed by atoms with Gasteiger partial charge in [0, 0.05) is 16.2 Å². The summed E-state index contributed by atoms with van der Waals surface area (Å²) in [5.41, 5.74) is 1.28. The van der Waals surface area contributed by atoms with Crippen molar-refractivity contribution in [2.75, 3.05) is 0 Å². The molecule has 1 heterocycles. The van der Waals surface area contributed by atoms with Crippen LogP contribution in [0.15, 0.2) is 40.1 Å². The van der Waals surface area contributed by atoms with Crippen molar-refractivity contribution in [3.8, 4) is 11.5 Å². The lowest BCUT2D eigenvalue weighted by atomic mass is 10.0. The standard InChI is InChI=1S/C17H19BrN2O3/c1-10-8-14(22)11(9-12(10)18)15(20-23-17(2,3)4)16-13(21)6-5-7-19-16/h5-9,21-22H,1-4H3. The van der Waals surface area contributed by atoms with E-state index in [2.05, 4.69) is 26.1 Å². The summed E-state index contributed by atoms with van der Waals surface area (Å²) in [5, 5.41) is 24.5. The summed E-state index contributed by atoms with van der Waals surface area (Å²) < 4.78 is 0.809. The van der Waals surface area contributed by atoms with E-state index in [1.807, 2.05) is 27.7 Å². The third kappa shape index (κ3) is 4.22. The van der Waals surface area contributed by atoms with E-state index in [0.717, 1.165) is 10.0 Å². The zero-order chi connectivity index (χ0) is 17.2. The van der Waals surface area contributed by atoms with E-state index < -0.39 is 5.60 Å². The van der Waals surface area contributed by atoms with Gasteiger partial charge in [0.15, 0.2) is 0 Å². The van der Waals surface area contributed by atoms with Gasteiger partial charge in [0.25, 0.3) is 0 Å². The number of oxime groups is 1. The summed E-state index contributed by atoms with van der Waals surface area (Å²) in [6.45, 7) is 7.44. The van der Waals surface area contributed by atoms with Crippen molar-refractivity contribution in [1.29, 1.82) is 0 Å². The van der Waals surface area contributed by atoms with Crippen LogP contribution in [0.3, 0.4) is 0 Å². The summed E-state index contributed by atoms with van der Waals surface area (Å²) in [5.74, 6) is -0.00753. The molecular weight excluding hydrogens is 360 g/mol. The number of rotatable bonds is 3. The Bertz CT molecular complexity index is 752. The van der Waals surface area contributed by atoms with Crippen molar-refractivity contribution in [3.63, 3.8) is 0 Å². The maximum absolute atomic E-state index is 10.3. The first-order valence-corrected chi connectivity index (χ1v) is 7.88.